The van der Waals surface area contributed by atoms with Crippen molar-refractivity contribution < 1.29 is 4.74 Å². The zero-order valence-corrected chi connectivity index (χ0v) is 10.1. The number of hydrogen-bond donors (Lipinski definition) is 1. The second kappa shape index (κ2) is 4.63. The number of rotatable bonds is 2. The van der Waals surface area contributed by atoms with Gasteiger partial charge in [-0.25, -0.2) is 0 Å². The average molecular weight is 224 g/mol. The highest BCUT2D eigenvalue weighted by Gasteiger charge is 2.40. The molecule has 3 rings (SSSR count). The van der Waals surface area contributed by atoms with E-state index in [1.165, 1.54) is 51.5 Å². The number of nitrogens with two attached hydrogens (primary N) is 1. The van der Waals surface area contributed by atoms with Crippen LogP contribution in [0.1, 0.15) is 44.9 Å². The molecular formula is C13H24N2O. The Balaban J connectivity index is 1.58. The third kappa shape index (κ3) is 2.13. The topological polar surface area (TPSA) is 38.5 Å². The van der Waals surface area contributed by atoms with Crippen LogP contribution in [-0.4, -0.2) is 42.3 Å². The van der Waals surface area contributed by atoms with E-state index >= 15 is 0 Å². The van der Waals surface area contributed by atoms with Crippen LogP contribution in [0.15, 0.2) is 0 Å². The SMILES string of the molecule is NC1CC2CCC(C1)N2CC1CCCCO1. The van der Waals surface area contributed by atoms with E-state index in [4.69, 9.17) is 10.5 Å². The molecule has 0 radical (unpaired) electrons. The Morgan fingerprint density at radius 1 is 1.06 bits per heavy atom. The minimum atomic E-state index is 0.459. The third-order valence-corrected chi connectivity index (χ3v) is 4.61. The fourth-order valence-electron chi connectivity index (χ4n) is 3.80. The van der Waals surface area contributed by atoms with E-state index in [2.05, 4.69) is 4.90 Å². The van der Waals surface area contributed by atoms with Crippen molar-refractivity contribution in [1.82, 2.24) is 4.90 Å². The molecule has 3 fully saturated rings. The molecule has 0 aromatic heterocycles. The molecule has 3 heterocycles. The van der Waals surface area contributed by atoms with Gasteiger partial charge in [0.2, 0.25) is 0 Å². The number of hydrogen-bond acceptors (Lipinski definition) is 3. The van der Waals surface area contributed by atoms with Crippen molar-refractivity contribution >= 4 is 0 Å². The normalized spacial score (nSPS) is 44.8. The molecular weight excluding hydrogens is 200 g/mol. The average Bonchev–Trinajstić information content (AvgIpc) is 2.54. The van der Waals surface area contributed by atoms with Crippen molar-refractivity contribution in [3.05, 3.63) is 0 Å². The summed E-state index contributed by atoms with van der Waals surface area (Å²) >= 11 is 0. The van der Waals surface area contributed by atoms with Gasteiger partial charge in [0.05, 0.1) is 6.10 Å². The molecule has 0 aromatic rings. The molecule has 0 amide bonds. The summed E-state index contributed by atoms with van der Waals surface area (Å²) in [5.74, 6) is 0. The van der Waals surface area contributed by atoms with Crippen LogP contribution in [0.4, 0.5) is 0 Å². The molecule has 3 atom stereocenters. The summed E-state index contributed by atoms with van der Waals surface area (Å²) < 4.78 is 5.86. The maximum Gasteiger partial charge on any atom is 0.0702 e. The summed E-state index contributed by atoms with van der Waals surface area (Å²) in [6.45, 7) is 2.15. The molecule has 2 bridgehead atoms. The molecule has 3 aliphatic heterocycles. The predicted molar refractivity (Wildman–Crippen MR) is 64.3 cm³/mol. The van der Waals surface area contributed by atoms with Crippen LogP contribution in [0, 0.1) is 0 Å². The van der Waals surface area contributed by atoms with Crippen LogP contribution in [0.3, 0.4) is 0 Å². The van der Waals surface area contributed by atoms with Crippen LogP contribution in [-0.2, 0) is 4.74 Å². The lowest BCUT2D eigenvalue weighted by Gasteiger charge is -2.40. The van der Waals surface area contributed by atoms with Gasteiger partial charge in [0.25, 0.3) is 0 Å². The zero-order chi connectivity index (χ0) is 11.0. The standard InChI is InChI=1S/C13H24N2O/c14-10-7-11-4-5-12(8-10)15(11)9-13-3-1-2-6-16-13/h10-13H,1-9,14H2. The molecule has 3 nitrogen and oxygen atoms in total. The minimum Gasteiger partial charge on any atom is -0.377 e. The molecule has 0 spiro atoms. The quantitative estimate of drug-likeness (QED) is 0.772. The molecule has 0 aromatic carbocycles. The maximum absolute atomic E-state index is 6.09. The Morgan fingerprint density at radius 3 is 2.44 bits per heavy atom. The zero-order valence-electron chi connectivity index (χ0n) is 10.1. The lowest BCUT2D eigenvalue weighted by atomic mass is 9.97. The van der Waals surface area contributed by atoms with E-state index in [9.17, 15) is 0 Å². The highest BCUT2D eigenvalue weighted by molar-refractivity contribution is 4.97. The van der Waals surface area contributed by atoms with Gasteiger partial charge in [-0.15, -0.1) is 0 Å². The van der Waals surface area contributed by atoms with Crippen LogP contribution < -0.4 is 5.73 Å². The first-order chi connectivity index (χ1) is 7.83. The van der Waals surface area contributed by atoms with Gasteiger partial charge in [0.15, 0.2) is 0 Å². The van der Waals surface area contributed by atoms with E-state index in [1.807, 2.05) is 0 Å². The van der Waals surface area contributed by atoms with Gasteiger partial charge in [-0.1, -0.05) is 0 Å². The molecule has 16 heavy (non-hydrogen) atoms. The van der Waals surface area contributed by atoms with Gasteiger partial charge >= 0.3 is 0 Å². The molecule has 3 saturated heterocycles. The van der Waals surface area contributed by atoms with Gasteiger partial charge in [-0.2, -0.15) is 0 Å². The number of fused-ring (bicyclic) bond motifs is 2. The van der Waals surface area contributed by atoms with Crippen molar-refractivity contribution in [2.24, 2.45) is 5.73 Å². The largest absolute Gasteiger partial charge is 0.377 e. The van der Waals surface area contributed by atoms with Crippen LogP contribution in [0.2, 0.25) is 0 Å². The fraction of sp³-hybridized carbons (Fsp3) is 1.00. The molecule has 3 heteroatoms. The molecule has 3 aliphatic rings. The van der Waals surface area contributed by atoms with Crippen LogP contribution in [0.25, 0.3) is 0 Å². The first-order valence-corrected chi connectivity index (χ1v) is 6.96. The molecule has 3 unspecified atom stereocenters. The Labute approximate surface area is 98.3 Å². The molecule has 92 valence electrons. The van der Waals surface area contributed by atoms with E-state index in [-0.39, 0.29) is 0 Å². The maximum atomic E-state index is 6.09. The summed E-state index contributed by atoms with van der Waals surface area (Å²) in [6.07, 6.45) is 9.54. The lowest BCUT2D eigenvalue weighted by molar-refractivity contribution is -0.0230. The van der Waals surface area contributed by atoms with E-state index in [1.54, 1.807) is 0 Å². The predicted octanol–water partition coefficient (Wildman–Crippen LogP) is 1.51. The van der Waals surface area contributed by atoms with Crippen molar-refractivity contribution in [2.45, 2.75) is 69.2 Å². The Kier molecular flexibility index (Phi) is 3.18. The lowest BCUT2D eigenvalue weighted by Crippen LogP contribution is -2.50. The van der Waals surface area contributed by atoms with Crippen LogP contribution in [0.5, 0.6) is 0 Å². The second-order valence-electron chi connectivity index (χ2n) is 5.80. The number of nitrogens with zero attached hydrogens (tertiary/aromatic N) is 1. The summed E-state index contributed by atoms with van der Waals surface area (Å²) in [5.41, 5.74) is 6.09. The Hall–Kier alpha value is -0.120. The monoisotopic (exact) mass is 224 g/mol. The molecule has 2 N–H and O–H groups in total. The van der Waals surface area contributed by atoms with Crippen molar-refractivity contribution in [2.75, 3.05) is 13.2 Å². The third-order valence-electron chi connectivity index (χ3n) is 4.61. The summed E-state index contributed by atoms with van der Waals surface area (Å²) in [7, 11) is 0. The molecule has 0 aliphatic carbocycles. The van der Waals surface area contributed by atoms with E-state index < -0.39 is 0 Å². The molecule has 0 saturated carbocycles. The van der Waals surface area contributed by atoms with Crippen LogP contribution >= 0.6 is 0 Å². The summed E-state index contributed by atoms with van der Waals surface area (Å²) in [4.78, 5) is 2.71. The smallest absolute Gasteiger partial charge is 0.0702 e. The van der Waals surface area contributed by atoms with E-state index in [0.29, 0.717) is 12.1 Å². The first-order valence-electron chi connectivity index (χ1n) is 6.96. The number of piperidine rings is 1. The van der Waals surface area contributed by atoms with Crippen molar-refractivity contribution in [3.8, 4) is 0 Å². The van der Waals surface area contributed by atoms with Gasteiger partial charge in [0, 0.05) is 31.3 Å². The summed E-state index contributed by atoms with van der Waals surface area (Å²) in [6, 6.07) is 1.99. The van der Waals surface area contributed by atoms with E-state index in [0.717, 1.165) is 18.7 Å². The van der Waals surface area contributed by atoms with Gasteiger partial charge in [-0.3, -0.25) is 4.90 Å². The Morgan fingerprint density at radius 2 is 1.81 bits per heavy atom. The minimum absolute atomic E-state index is 0.459. The second-order valence-corrected chi connectivity index (χ2v) is 5.80. The van der Waals surface area contributed by atoms with Crippen molar-refractivity contribution in [1.29, 1.82) is 0 Å². The fourth-order valence-corrected chi connectivity index (χ4v) is 3.80. The van der Waals surface area contributed by atoms with Gasteiger partial charge < -0.3 is 10.5 Å². The number of ether oxygens (including phenoxy) is 1. The first kappa shape index (κ1) is 11.0. The summed E-state index contributed by atoms with van der Waals surface area (Å²) in [5, 5.41) is 0. The van der Waals surface area contributed by atoms with Gasteiger partial charge in [-0.05, 0) is 44.9 Å². The van der Waals surface area contributed by atoms with Crippen molar-refractivity contribution in [3.63, 3.8) is 0 Å². The highest BCUT2D eigenvalue weighted by atomic mass is 16.5. The Bertz CT molecular complexity index is 226. The van der Waals surface area contributed by atoms with Gasteiger partial charge in [0.1, 0.15) is 0 Å². The highest BCUT2D eigenvalue weighted by Crippen LogP contribution is 2.35.